The van der Waals surface area contributed by atoms with Gasteiger partial charge in [-0.1, -0.05) is 60.6 Å². The maximum atomic E-state index is 8.66. The number of nitrogens with one attached hydrogen (secondary N) is 1. The predicted molar refractivity (Wildman–Crippen MR) is 149 cm³/mol. The van der Waals surface area contributed by atoms with Crippen molar-refractivity contribution in [2.75, 3.05) is 0 Å². The first-order valence-corrected chi connectivity index (χ1v) is 18.9. The Morgan fingerprint density at radius 2 is 1.24 bits per heavy atom. The molecule has 0 saturated carbocycles. The van der Waals surface area contributed by atoms with Crippen molar-refractivity contribution in [3.63, 3.8) is 0 Å². The van der Waals surface area contributed by atoms with E-state index in [9.17, 15) is 0 Å². The molecular formula is C21H52Cl2NOSi3Ti-4. The normalized spacial score (nSPS) is 13.5. The molecule has 0 aromatic heterocycles. The van der Waals surface area contributed by atoms with Crippen molar-refractivity contribution in [1.29, 1.82) is 0 Å². The van der Waals surface area contributed by atoms with E-state index in [0.29, 0.717) is 5.92 Å². The molecule has 1 unspecified atom stereocenters. The first-order chi connectivity index (χ1) is 11.5. The van der Waals surface area contributed by atoms with Gasteiger partial charge in [-0.25, -0.2) is 5.57 Å². The second-order valence-corrected chi connectivity index (χ2v) is 13.3. The summed E-state index contributed by atoms with van der Waals surface area (Å²) in [6, 6.07) is 0. The summed E-state index contributed by atoms with van der Waals surface area (Å²) in [4.78, 5) is 8.66. The molecule has 0 saturated heterocycles. The molecule has 1 aliphatic carbocycles. The number of hydrogen-bond donors (Lipinski definition) is 1. The summed E-state index contributed by atoms with van der Waals surface area (Å²) in [6.07, 6.45) is 3.36. The topological polar surface area (TPSA) is 44.0 Å². The van der Waals surface area contributed by atoms with Crippen LogP contribution in [0.5, 0.6) is 0 Å². The van der Waals surface area contributed by atoms with E-state index >= 15 is 0 Å². The summed E-state index contributed by atoms with van der Waals surface area (Å²) in [5.41, 5.74) is 10.9. The van der Waals surface area contributed by atoms with Gasteiger partial charge >= 0.3 is 26.8 Å². The van der Waals surface area contributed by atoms with Crippen LogP contribution < -0.4 is 0 Å². The van der Waals surface area contributed by atoms with Crippen molar-refractivity contribution < 1.29 is 24.0 Å². The molecule has 0 aromatic rings. The van der Waals surface area contributed by atoms with Gasteiger partial charge in [0.2, 0.25) is 0 Å². The first-order valence-electron chi connectivity index (χ1n) is 9.09. The van der Waals surface area contributed by atoms with Crippen molar-refractivity contribution >= 4 is 50.3 Å². The molecule has 0 heterocycles. The number of allylic oxidation sites excluding steroid dienone is 4. The third-order valence-electron chi connectivity index (χ3n) is 2.24. The molecule has 181 valence electrons. The fraction of sp³-hybridized carbons (Fsp3) is 0.714. The van der Waals surface area contributed by atoms with E-state index < -0.39 is 8.32 Å². The van der Waals surface area contributed by atoms with E-state index in [1.165, 1.54) is 16.7 Å². The minimum atomic E-state index is -1.61. The molecule has 2 N–H and O–H groups in total. The van der Waals surface area contributed by atoms with Crippen molar-refractivity contribution in [1.82, 2.24) is 0 Å². The fourth-order valence-electron chi connectivity index (χ4n) is 1.16. The Hall–Kier alpha value is 1.34. The van der Waals surface area contributed by atoms with Gasteiger partial charge in [0.25, 0.3) is 0 Å². The quantitative estimate of drug-likeness (QED) is 0.260. The van der Waals surface area contributed by atoms with Crippen LogP contribution >= 0.6 is 24.8 Å². The summed E-state index contributed by atoms with van der Waals surface area (Å²) in [5.74, 6) is 0.560. The van der Waals surface area contributed by atoms with Crippen LogP contribution in [0.4, 0.5) is 0 Å². The zero-order valence-corrected chi connectivity index (χ0v) is 28.6. The molecule has 1 radical (unpaired) electrons. The van der Waals surface area contributed by atoms with Crippen LogP contribution in [0.1, 0.15) is 55.4 Å². The van der Waals surface area contributed by atoms with Crippen LogP contribution in [0.2, 0.25) is 32.7 Å². The Morgan fingerprint density at radius 1 is 1.07 bits per heavy atom. The van der Waals surface area contributed by atoms with Crippen LogP contribution in [-0.4, -0.2) is 35.8 Å². The predicted octanol–water partition coefficient (Wildman–Crippen LogP) is 7.11. The van der Waals surface area contributed by atoms with Gasteiger partial charge in [-0.3, -0.25) is 6.08 Å². The van der Waals surface area contributed by atoms with Gasteiger partial charge < -0.3 is 24.9 Å². The van der Waals surface area contributed by atoms with Gasteiger partial charge in [0, 0.05) is 9.52 Å². The third kappa shape index (κ3) is 72.9. The maximum absolute atomic E-state index is 8.66. The Labute approximate surface area is 215 Å². The van der Waals surface area contributed by atoms with E-state index in [0.717, 1.165) is 9.52 Å². The average molecular weight is 538 g/mol. The molecule has 0 bridgehead atoms. The monoisotopic (exact) mass is 536 g/mol. The summed E-state index contributed by atoms with van der Waals surface area (Å²) in [5, 5.41) is 0. The van der Waals surface area contributed by atoms with Crippen LogP contribution in [-0.2, 0) is 19.2 Å². The van der Waals surface area contributed by atoms with Crippen LogP contribution in [0, 0.1) is 26.3 Å². The zero-order valence-electron chi connectivity index (χ0n) is 21.8. The summed E-state index contributed by atoms with van der Waals surface area (Å²) in [7, 11) is 1.00. The van der Waals surface area contributed by atoms with Crippen molar-refractivity contribution in [2.24, 2.45) is 5.92 Å². The Bertz CT molecular complexity index is 357. The summed E-state index contributed by atoms with van der Waals surface area (Å²) >= 11 is 2.03. The van der Waals surface area contributed by atoms with E-state index in [1.807, 2.05) is 67.2 Å². The molecule has 1 atom stereocenters. The SMILES string of the molecule is CC(C)(C)[NH-].CC1=[C-]C(C)C(C)=C1C.C[SiH]C.C[Si](C)(C)O.Cl.Cl.[CH2-]C.[CH3-].[SiH2]=[Ti]. The van der Waals surface area contributed by atoms with Gasteiger partial charge in [-0.2, -0.15) is 18.1 Å². The third-order valence-corrected chi connectivity index (χ3v) is 2.24. The first kappa shape index (κ1) is 52.3. The molecule has 0 fully saturated rings. The Morgan fingerprint density at radius 3 is 1.28 bits per heavy atom. The van der Waals surface area contributed by atoms with E-state index in [2.05, 4.69) is 53.8 Å². The van der Waals surface area contributed by atoms with Crippen LogP contribution in [0.15, 0.2) is 16.7 Å². The molecule has 1 rings (SSSR count). The van der Waals surface area contributed by atoms with E-state index in [1.54, 1.807) is 6.92 Å². The van der Waals surface area contributed by atoms with Crippen molar-refractivity contribution in [3.8, 4) is 0 Å². The van der Waals surface area contributed by atoms with Crippen LogP contribution in [0.3, 0.4) is 0 Å². The molecule has 8 heteroatoms. The molecule has 29 heavy (non-hydrogen) atoms. The van der Waals surface area contributed by atoms with Gasteiger partial charge in [0.15, 0.2) is 8.32 Å². The summed E-state index contributed by atoms with van der Waals surface area (Å²) in [6.45, 7) is 29.3. The molecule has 0 aliphatic heterocycles. The number of hydrogen-bond acceptors (Lipinski definition) is 1. The molecule has 0 spiro atoms. The Balaban J connectivity index is -0.0000000327. The zero-order chi connectivity index (χ0) is 22.7. The number of halogens is 2. The second-order valence-electron chi connectivity index (χ2n) is 7.80. The summed E-state index contributed by atoms with van der Waals surface area (Å²) < 4.78 is 0. The molecule has 0 aromatic carbocycles. The van der Waals surface area contributed by atoms with Crippen LogP contribution in [0.25, 0.3) is 5.73 Å². The molecule has 0 amide bonds. The van der Waals surface area contributed by atoms with Crippen molar-refractivity contribution in [3.05, 3.63) is 42.9 Å². The number of rotatable bonds is 0. The molecule has 2 nitrogen and oxygen atoms in total. The minimum absolute atomic E-state index is 0. The van der Waals surface area contributed by atoms with E-state index in [4.69, 9.17) is 10.5 Å². The van der Waals surface area contributed by atoms with Gasteiger partial charge in [0.05, 0.1) is 0 Å². The van der Waals surface area contributed by atoms with Gasteiger partial charge in [-0.15, -0.1) is 37.3 Å². The van der Waals surface area contributed by atoms with Gasteiger partial charge in [-0.05, 0) is 19.6 Å². The fourth-order valence-corrected chi connectivity index (χ4v) is 1.16. The van der Waals surface area contributed by atoms with Crippen molar-refractivity contribution in [2.45, 2.75) is 93.7 Å². The standard InChI is InChI=1S/C9H13.C4H10N.C3H10OSi.C2H7Si.C2H5.CH3.2ClH.H2Si.Ti/c1-6-5-7(2)9(4)8(6)3;1-4(2,3)5;1-5(2,3)4;1-3-2;1-2;;;;;/h6H,1-4H3;5H,1-3H3;4H,1-3H3;3H,1-2H3;1H2,2H3;1H3;2*1H;1H2;/q2*-1;;;2*-1;;;;. The average Bonchev–Trinajstić information content (AvgIpc) is 2.67. The van der Waals surface area contributed by atoms with E-state index in [-0.39, 0.29) is 37.8 Å². The van der Waals surface area contributed by atoms with Gasteiger partial charge in [0.1, 0.15) is 0 Å². The molecular weight excluding hydrogens is 485 g/mol. The Kier molecular flexibility index (Phi) is 56.9. The molecule has 1 aliphatic rings. The second kappa shape index (κ2) is 31.5.